The van der Waals surface area contributed by atoms with Gasteiger partial charge in [-0.15, -0.1) is 0 Å². The maximum Gasteiger partial charge on any atom is 0.298 e. The molecule has 28 heavy (non-hydrogen) atoms. The number of fused-ring (bicyclic) bond motifs is 2. The van der Waals surface area contributed by atoms with Crippen molar-refractivity contribution in [3.05, 3.63) is 42.0 Å². The van der Waals surface area contributed by atoms with Crippen molar-refractivity contribution in [2.45, 2.75) is 19.4 Å². The van der Waals surface area contributed by atoms with Crippen LogP contribution in [-0.4, -0.2) is 64.6 Å². The molecule has 3 aromatic rings. The number of rotatable bonds is 2. The minimum Gasteiger partial charge on any atom is -0.423 e. The SMILES string of the molecule is O=C(c1cn2c(n1)CCNCC2)N1CCCN(c2nc3ccccc3o2)CC1. The lowest BCUT2D eigenvalue weighted by Gasteiger charge is -2.20. The summed E-state index contributed by atoms with van der Waals surface area (Å²) >= 11 is 0. The van der Waals surface area contributed by atoms with Gasteiger partial charge in [0.1, 0.15) is 17.0 Å². The Morgan fingerprint density at radius 2 is 1.96 bits per heavy atom. The zero-order valence-corrected chi connectivity index (χ0v) is 15.8. The fraction of sp³-hybridized carbons (Fsp3) is 0.450. The topological polar surface area (TPSA) is 79.4 Å². The molecule has 2 aromatic heterocycles. The van der Waals surface area contributed by atoms with E-state index in [9.17, 15) is 4.79 Å². The van der Waals surface area contributed by atoms with Gasteiger partial charge >= 0.3 is 0 Å². The molecule has 2 aliphatic heterocycles. The molecule has 0 radical (unpaired) electrons. The largest absolute Gasteiger partial charge is 0.423 e. The maximum absolute atomic E-state index is 13.0. The first kappa shape index (κ1) is 17.2. The first-order valence-electron chi connectivity index (χ1n) is 9.94. The van der Waals surface area contributed by atoms with Crippen molar-refractivity contribution in [2.75, 3.05) is 44.2 Å². The lowest BCUT2D eigenvalue weighted by atomic mass is 10.3. The number of oxazole rings is 1. The van der Waals surface area contributed by atoms with Gasteiger partial charge in [-0.25, -0.2) is 4.98 Å². The van der Waals surface area contributed by atoms with Crippen LogP contribution in [0, 0.1) is 0 Å². The van der Waals surface area contributed by atoms with Gasteiger partial charge in [-0.2, -0.15) is 4.98 Å². The molecular weight excluding hydrogens is 356 g/mol. The van der Waals surface area contributed by atoms with Crippen LogP contribution in [0.3, 0.4) is 0 Å². The fourth-order valence-corrected chi connectivity index (χ4v) is 3.94. The third-order valence-corrected chi connectivity index (χ3v) is 5.47. The van der Waals surface area contributed by atoms with E-state index in [2.05, 4.69) is 24.8 Å². The Balaban J connectivity index is 1.29. The van der Waals surface area contributed by atoms with Crippen LogP contribution < -0.4 is 10.2 Å². The summed E-state index contributed by atoms with van der Waals surface area (Å²) in [6, 6.07) is 8.42. The fourth-order valence-electron chi connectivity index (χ4n) is 3.94. The maximum atomic E-state index is 13.0. The van der Waals surface area contributed by atoms with E-state index < -0.39 is 0 Å². The molecule has 8 nitrogen and oxygen atoms in total. The van der Waals surface area contributed by atoms with Gasteiger partial charge in [0.05, 0.1) is 0 Å². The molecule has 0 saturated carbocycles. The Kier molecular flexibility index (Phi) is 4.48. The third-order valence-electron chi connectivity index (χ3n) is 5.47. The number of nitrogens with one attached hydrogen (secondary N) is 1. The Morgan fingerprint density at radius 1 is 1.04 bits per heavy atom. The van der Waals surface area contributed by atoms with Crippen LogP contribution in [-0.2, 0) is 13.0 Å². The second kappa shape index (κ2) is 7.27. The first-order chi connectivity index (χ1) is 13.8. The number of para-hydroxylation sites is 2. The van der Waals surface area contributed by atoms with Gasteiger partial charge in [0, 0.05) is 58.4 Å². The molecule has 1 amide bonds. The van der Waals surface area contributed by atoms with Crippen LogP contribution in [0.25, 0.3) is 11.1 Å². The highest BCUT2D eigenvalue weighted by molar-refractivity contribution is 5.92. The number of hydrogen-bond donors (Lipinski definition) is 1. The number of imidazole rings is 1. The average molecular weight is 380 g/mol. The summed E-state index contributed by atoms with van der Waals surface area (Å²) < 4.78 is 8.01. The monoisotopic (exact) mass is 380 g/mol. The van der Waals surface area contributed by atoms with E-state index in [0.29, 0.717) is 24.8 Å². The predicted octanol–water partition coefficient (Wildman–Crippen LogP) is 1.52. The molecule has 5 rings (SSSR count). The zero-order chi connectivity index (χ0) is 18.9. The van der Waals surface area contributed by atoms with Crippen LogP contribution >= 0.6 is 0 Å². The lowest BCUT2D eigenvalue weighted by Crippen LogP contribution is -2.35. The molecule has 0 unspecified atom stereocenters. The number of aromatic nitrogens is 3. The van der Waals surface area contributed by atoms with E-state index in [1.165, 1.54) is 0 Å². The number of anilines is 1. The second-order valence-electron chi connectivity index (χ2n) is 7.33. The van der Waals surface area contributed by atoms with Crippen LogP contribution in [0.5, 0.6) is 0 Å². The molecule has 2 aliphatic rings. The number of nitrogens with zero attached hydrogens (tertiary/aromatic N) is 5. The highest BCUT2D eigenvalue weighted by Crippen LogP contribution is 2.23. The first-order valence-corrected chi connectivity index (χ1v) is 9.94. The number of benzene rings is 1. The summed E-state index contributed by atoms with van der Waals surface area (Å²) in [6.07, 6.45) is 3.65. The van der Waals surface area contributed by atoms with Crippen LogP contribution in [0.1, 0.15) is 22.7 Å². The van der Waals surface area contributed by atoms with E-state index in [-0.39, 0.29) is 5.91 Å². The molecule has 0 bridgehead atoms. The summed E-state index contributed by atoms with van der Waals surface area (Å²) in [5.41, 5.74) is 2.22. The van der Waals surface area contributed by atoms with Crippen molar-refractivity contribution < 1.29 is 9.21 Å². The summed E-state index contributed by atoms with van der Waals surface area (Å²) in [6.45, 7) is 5.58. The van der Waals surface area contributed by atoms with E-state index in [1.807, 2.05) is 35.4 Å². The summed E-state index contributed by atoms with van der Waals surface area (Å²) in [7, 11) is 0. The third kappa shape index (κ3) is 3.24. The van der Waals surface area contributed by atoms with Crippen LogP contribution in [0.2, 0.25) is 0 Å². The van der Waals surface area contributed by atoms with Crippen molar-refractivity contribution in [3.8, 4) is 0 Å². The molecule has 4 heterocycles. The van der Waals surface area contributed by atoms with Gasteiger partial charge in [0.25, 0.3) is 11.9 Å². The van der Waals surface area contributed by atoms with Gasteiger partial charge in [-0.05, 0) is 18.6 Å². The quantitative estimate of drug-likeness (QED) is 0.726. The number of hydrogen-bond acceptors (Lipinski definition) is 6. The van der Waals surface area contributed by atoms with Crippen LogP contribution in [0.4, 0.5) is 6.01 Å². The molecule has 1 saturated heterocycles. The molecule has 0 spiro atoms. The summed E-state index contributed by atoms with van der Waals surface area (Å²) in [4.78, 5) is 26.3. The van der Waals surface area contributed by atoms with Crippen molar-refractivity contribution in [2.24, 2.45) is 0 Å². The minimum atomic E-state index is 0.0212. The van der Waals surface area contributed by atoms with E-state index in [1.54, 1.807) is 0 Å². The van der Waals surface area contributed by atoms with Crippen molar-refractivity contribution in [1.82, 2.24) is 24.8 Å². The normalized spacial score (nSPS) is 18.0. The lowest BCUT2D eigenvalue weighted by molar-refractivity contribution is 0.0761. The molecule has 8 heteroatoms. The highest BCUT2D eigenvalue weighted by atomic mass is 16.4. The highest BCUT2D eigenvalue weighted by Gasteiger charge is 2.25. The Bertz CT molecular complexity index is 937. The number of amides is 1. The Morgan fingerprint density at radius 3 is 2.89 bits per heavy atom. The standard InChI is InChI=1S/C20H24N6O2/c27-19(16-14-26-11-8-21-7-6-18(26)22-16)24-9-3-10-25(13-12-24)20-23-15-4-1-2-5-17(15)28-20/h1-2,4-5,14,21H,3,6-13H2. The molecule has 1 aromatic carbocycles. The zero-order valence-electron chi connectivity index (χ0n) is 15.8. The molecular formula is C20H24N6O2. The molecule has 0 aliphatic carbocycles. The Hall–Kier alpha value is -2.87. The smallest absolute Gasteiger partial charge is 0.298 e. The predicted molar refractivity (Wildman–Crippen MR) is 106 cm³/mol. The van der Waals surface area contributed by atoms with Gasteiger partial charge in [-0.1, -0.05) is 12.1 Å². The van der Waals surface area contributed by atoms with E-state index >= 15 is 0 Å². The van der Waals surface area contributed by atoms with Gasteiger partial charge in [0.2, 0.25) is 0 Å². The van der Waals surface area contributed by atoms with Gasteiger partial charge < -0.3 is 24.1 Å². The second-order valence-corrected chi connectivity index (χ2v) is 7.33. The molecule has 1 fully saturated rings. The summed E-state index contributed by atoms with van der Waals surface area (Å²) in [5, 5.41) is 3.35. The van der Waals surface area contributed by atoms with E-state index in [0.717, 1.165) is 62.5 Å². The minimum absolute atomic E-state index is 0.0212. The van der Waals surface area contributed by atoms with Crippen LogP contribution in [0.15, 0.2) is 34.9 Å². The summed E-state index contributed by atoms with van der Waals surface area (Å²) in [5.74, 6) is 1.02. The Labute approximate surface area is 163 Å². The number of carbonyl (C=O) groups excluding carboxylic acids is 1. The van der Waals surface area contributed by atoms with Gasteiger partial charge in [-0.3, -0.25) is 4.79 Å². The van der Waals surface area contributed by atoms with Gasteiger partial charge in [0.15, 0.2) is 5.58 Å². The van der Waals surface area contributed by atoms with Crippen molar-refractivity contribution in [1.29, 1.82) is 0 Å². The molecule has 0 atom stereocenters. The average Bonchev–Trinajstić information content (AvgIpc) is 3.15. The van der Waals surface area contributed by atoms with Crippen molar-refractivity contribution in [3.63, 3.8) is 0 Å². The number of carbonyl (C=O) groups is 1. The molecule has 146 valence electrons. The van der Waals surface area contributed by atoms with Crippen molar-refractivity contribution >= 4 is 23.0 Å². The van der Waals surface area contributed by atoms with E-state index in [4.69, 9.17) is 4.42 Å². The molecule has 1 N–H and O–H groups in total.